The van der Waals surface area contributed by atoms with Gasteiger partial charge in [-0.15, -0.1) is 0 Å². The minimum atomic E-state index is -0.445. The van der Waals surface area contributed by atoms with Crippen molar-refractivity contribution >= 4 is 17.9 Å². The Morgan fingerprint density at radius 3 is 2.89 bits per heavy atom. The van der Waals surface area contributed by atoms with E-state index in [4.69, 9.17) is 20.9 Å². The molecule has 0 atom stereocenters. The average Bonchev–Trinajstić information content (AvgIpc) is 2.59. The summed E-state index contributed by atoms with van der Waals surface area (Å²) < 4.78 is 10.8. The molecule has 0 aliphatic carbocycles. The number of ether oxygens (including phenoxy) is 2. The third kappa shape index (κ3) is 2.85. The summed E-state index contributed by atoms with van der Waals surface area (Å²) in [5, 5.41) is 0. The summed E-state index contributed by atoms with van der Waals surface area (Å²) in [5.74, 6) is 0.558. The third-order valence-corrected chi connectivity index (χ3v) is 2.68. The lowest BCUT2D eigenvalue weighted by Crippen LogP contribution is -2.24. The third-order valence-electron chi connectivity index (χ3n) is 2.68. The van der Waals surface area contributed by atoms with Crippen molar-refractivity contribution in [2.75, 3.05) is 13.7 Å². The predicted molar refractivity (Wildman–Crippen MR) is 71.9 cm³/mol. The van der Waals surface area contributed by atoms with Crippen LogP contribution in [0, 0.1) is 0 Å². The lowest BCUT2D eigenvalue weighted by Gasteiger charge is -2.10. The molecule has 19 heavy (non-hydrogen) atoms. The van der Waals surface area contributed by atoms with Gasteiger partial charge in [-0.1, -0.05) is 12.1 Å². The van der Waals surface area contributed by atoms with Crippen molar-refractivity contribution in [3.05, 3.63) is 29.3 Å². The van der Waals surface area contributed by atoms with Gasteiger partial charge < -0.3 is 20.9 Å². The van der Waals surface area contributed by atoms with Crippen LogP contribution in [0.1, 0.15) is 12.0 Å². The van der Waals surface area contributed by atoms with Crippen molar-refractivity contribution in [3.63, 3.8) is 0 Å². The molecule has 1 aliphatic rings. The van der Waals surface area contributed by atoms with Gasteiger partial charge in [0.05, 0.1) is 13.7 Å². The Labute approximate surface area is 110 Å². The first-order chi connectivity index (χ1) is 9.11. The summed E-state index contributed by atoms with van der Waals surface area (Å²) in [4.78, 5) is 15.4. The van der Waals surface area contributed by atoms with E-state index < -0.39 is 5.91 Å². The number of nitrogens with zero attached hydrogens (tertiary/aromatic N) is 1. The van der Waals surface area contributed by atoms with E-state index in [0.29, 0.717) is 30.1 Å². The van der Waals surface area contributed by atoms with E-state index in [0.717, 1.165) is 5.56 Å². The molecule has 0 saturated carbocycles. The number of hydrogen-bond donors (Lipinski definition) is 2. The predicted octanol–water partition coefficient (Wildman–Crippen LogP) is 0.661. The summed E-state index contributed by atoms with van der Waals surface area (Å²) in [7, 11) is 1.57. The van der Waals surface area contributed by atoms with E-state index in [1.54, 1.807) is 19.3 Å². The lowest BCUT2D eigenvalue weighted by atomic mass is 10.1. The van der Waals surface area contributed by atoms with Crippen molar-refractivity contribution in [3.8, 4) is 11.5 Å². The number of carbonyl (C=O) groups is 1. The first-order valence-electron chi connectivity index (χ1n) is 5.76. The Morgan fingerprint density at radius 1 is 1.42 bits per heavy atom. The van der Waals surface area contributed by atoms with Crippen molar-refractivity contribution in [2.45, 2.75) is 6.42 Å². The molecular formula is C13H15N3O3. The van der Waals surface area contributed by atoms with Gasteiger partial charge >= 0.3 is 0 Å². The minimum absolute atomic E-state index is 0.248. The van der Waals surface area contributed by atoms with E-state index >= 15 is 0 Å². The van der Waals surface area contributed by atoms with Crippen LogP contribution in [0.25, 0.3) is 6.08 Å². The Bertz CT molecular complexity index is 560. The number of hydrogen-bond acceptors (Lipinski definition) is 3. The molecule has 0 aromatic heterocycles. The molecular weight excluding hydrogens is 246 g/mol. The molecule has 6 nitrogen and oxygen atoms in total. The summed E-state index contributed by atoms with van der Waals surface area (Å²) in [6.07, 6.45) is 2.16. The van der Waals surface area contributed by atoms with Crippen LogP contribution in [0.15, 0.2) is 28.8 Å². The topological polar surface area (TPSA) is 99.9 Å². The quantitative estimate of drug-likeness (QED) is 0.601. The van der Waals surface area contributed by atoms with E-state index in [1.807, 2.05) is 12.1 Å². The molecule has 100 valence electrons. The molecule has 1 heterocycles. The number of carbonyl (C=O) groups excluding carboxylic acids is 1. The van der Waals surface area contributed by atoms with Gasteiger partial charge in [-0.3, -0.25) is 4.79 Å². The fourth-order valence-electron chi connectivity index (χ4n) is 1.84. The molecule has 4 N–H and O–H groups in total. The Hall–Kier alpha value is -2.50. The molecule has 0 bridgehead atoms. The number of guanidine groups is 1. The fraction of sp³-hybridized carbons (Fsp3) is 0.231. The van der Waals surface area contributed by atoms with Gasteiger partial charge in [0.15, 0.2) is 17.5 Å². The maximum Gasteiger partial charge on any atom is 0.276 e. The molecule has 0 saturated heterocycles. The number of amides is 1. The maximum atomic E-state index is 11.8. The number of para-hydroxylation sites is 1. The number of rotatable bonds is 2. The zero-order valence-corrected chi connectivity index (χ0v) is 10.6. The van der Waals surface area contributed by atoms with Crippen LogP contribution in [-0.4, -0.2) is 25.6 Å². The highest BCUT2D eigenvalue weighted by atomic mass is 16.5. The normalized spacial score (nSPS) is 13.4. The van der Waals surface area contributed by atoms with Crippen molar-refractivity contribution in [2.24, 2.45) is 16.5 Å². The Morgan fingerprint density at radius 2 is 2.21 bits per heavy atom. The smallest absolute Gasteiger partial charge is 0.276 e. The summed E-state index contributed by atoms with van der Waals surface area (Å²) in [5.41, 5.74) is 11.7. The zero-order valence-electron chi connectivity index (χ0n) is 10.6. The Balaban J connectivity index is 2.41. The van der Waals surface area contributed by atoms with Gasteiger partial charge in [0.25, 0.3) is 5.91 Å². The minimum Gasteiger partial charge on any atom is -0.493 e. The van der Waals surface area contributed by atoms with Crippen LogP contribution >= 0.6 is 0 Å². The molecule has 0 fully saturated rings. The second-order valence-electron chi connectivity index (χ2n) is 3.99. The second-order valence-corrected chi connectivity index (χ2v) is 3.99. The number of nitrogens with two attached hydrogens (primary N) is 2. The van der Waals surface area contributed by atoms with Crippen LogP contribution in [0.4, 0.5) is 0 Å². The van der Waals surface area contributed by atoms with Crippen LogP contribution in [0.3, 0.4) is 0 Å². The van der Waals surface area contributed by atoms with E-state index in [9.17, 15) is 4.79 Å². The molecule has 1 aromatic rings. The molecule has 0 spiro atoms. The fourth-order valence-corrected chi connectivity index (χ4v) is 1.84. The maximum absolute atomic E-state index is 11.8. The van der Waals surface area contributed by atoms with Gasteiger partial charge in [0, 0.05) is 17.6 Å². The van der Waals surface area contributed by atoms with Gasteiger partial charge in [-0.25, -0.2) is 0 Å². The largest absolute Gasteiger partial charge is 0.493 e. The van der Waals surface area contributed by atoms with Gasteiger partial charge in [-0.05, 0) is 12.1 Å². The average molecular weight is 261 g/mol. The summed E-state index contributed by atoms with van der Waals surface area (Å²) in [6.45, 7) is 0.366. The SMILES string of the molecule is COc1cccc2c1OCCC(C(=O)N=C(N)N)=C2. The van der Waals surface area contributed by atoms with Crippen LogP contribution in [-0.2, 0) is 4.79 Å². The highest BCUT2D eigenvalue weighted by molar-refractivity contribution is 6.04. The van der Waals surface area contributed by atoms with Crippen molar-refractivity contribution < 1.29 is 14.3 Å². The van der Waals surface area contributed by atoms with Crippen molar-refractivity contribution in [1.82, 2.24) is 0 Å². The number of aliphatic imine (C=N–C) groups is 1. The molecule has 6 heteroatoms. The number of benzene rings is 1. The lowest BCUT2D eigenvalue weighted by molar-refractivity contribution is -0.114. The van der Waals surface area contributed by atoms with Gasteiger partial charge in [0.2, 0.25) is 0 Å². The standard InChI is InChI=1S/C13H15N3O3/c1-18-10-4-2-3-8-7-9(5-6-19-11(8)10)12(17)16-13(14)15/h2-4,7H,5-6H2,1H3,(H4,14,15,16,17). The molecule has 1 aromatic carbocycles. The molecule has 1 aliphatic heterocycles. The monoisotopic (exact) mass is 261 g/mol. The van der Waals surface area contributed by atoms with E-state index in [1.165, 1.54) is 0 Å². The summed E-state index contributed by atoms with van der Waals surface area (Å²) >= 11 is 0. The van der Waals surface area contributed by atoms with E-state index in [-0.39, 0.29) is 5.96 Å². The molecule has 1 amide bonds. The van der Waals surface area contributed by atoms with Crippen LogP contribution in [0.2, 0.25) is 0 Å². The Kier molecular flexibility index (Phi) is 3.70. The summed E-state index contributed by atoms with van der Waals surface area (Å²) in [6, 6.07) is 5.47. The first-order valence-corrected chi connectivity index (χ1v) is 5.76. The number of methoxy groups -OCH3 is 1. The first kappa shape index (κ1) is 12.9. The van der Waals surface area contributed by atoms with Gasteiger partial charge in [0.1, 0.15) is 0 Å². The van der Waals surface area contributed by atoms with Crippen LogP contribution in [0.5, 0.6) is 11.5 Å². The molecule has 0 unspecified atom stereocenters. The second kappa shape index (κ2) is 5.43. The highest BCUT2D eigenvalue weighted by Gasteiger charge is 2.17. The number of fused-ring (bicyclic) bond motifs is 1. The van der Waals surface area contributed by atoms with Gasteiger partial charge in [-0.2, -0.15) is 4.99 Å². The highest BCUT2D eigenvalue weighted by Crippen LogP contribution is 2.34. The van der Waals surface area contributed by atoms with Crippen molar-refractivity contribution in [1.29, 1.82) is 0 Å². The van der Waals surface area contributed by atoms with Crippen LogP contribution < -0.4 is 20.9 Å². The molecule has 2 rings (SSSR count). The van der Waals surface area contributed by atoms with E-state index in [2.05, 4.69) is 4.99 Å². The zero-order chi connectivity index (χ0) is 13.8. The molecule has 0 radical (unpaired) electrons.